The van der Waals surface area contributed by atoms with Gasteiger partial charge in [-0.25, -0.2) is 13.8 Å². The van der Waals surface area contributed by atoms with E-state index in [0.29, 0.717) is 0 Å². The highest BCUT2D eigenvalue weighted by molar-refractivity contribution is 6.35. The van der Waals surface area contributed by atoms with Gasteiger partial charge in [-0.15, -0.1) is 0 Å². The molecule has 84 valence electrons. The molecular formula is C10H5ClF3NO. The SMILES string of the molecule is COc1cc(F)c2c(Cl)c(F)c(F)nc2c1. The minimum absolute atomic E-state index is 0.0965. The first-order valence-electron chi connectivity index (χ1n) is 4.22. The highest BCUT2D eigenvalue weighted by Crippen LogP contribution is 2.31. The third kappa shape index (κ3) is 1.57. The van der Waals surface area contributed by atoms with Crippen LogP contribution in [-0.4, -0.2) is 12.1 Å². The van der Waals surface area contributed by atoms with Crippen molar-refractivity contribution in [2.75, 3.05) is 7.11 Å². The smallest absolute Gasteiger partial charge is 0.251 e. The third-order valence-corrected chi connectivity index (χ3v) is 2.45. The summed E-state index contributed by atoms with van der Waals surface area (Å²) in [4.78, 5) is 3.26. The molecule has 0 radical (unpaired) electrons. The van der Waals surface area contributed by atoms with Crippen LogP contribution < -0.4 is 4.74 Å². The second-order valence-electron chi connectivity index (χ2n) is 3.03. The molecule has 0 atom stereocenters. The Bertz CT molecular complexity index is 574. The maximum Gasteiger partial charge on any atom is 0.251 e. The van der Waals surface area contributed by atoms with Crippen molar-refractivity contribution < 1.29 is 17.9 Å². The molecular weight excluding hydrogens is 243 g/mol. The van der Waals surface area contributed by atoms with Crippen molar-refractivity contribution in [3.05, 3.63) is 34.7 Å². The van der Waals surface area contributed by atoms with Gasteiger partial charge < -0.3 is 4.74 Å². The molecule has 2 aromatic rings. The van der Waals surface area contributed by atoms with E-state index >= 15 is 0 Å². The van der Waals surface area contributed by atoms with Crippen LogP contribution in [0.1, 0.15) is 0 Å². The van der Waals surface area contributed by atoms with Gasteiger partial charge in [-0.3, -0.25) is 0 Å². The van der Waals surface area contributed by atoms with E-state index in [9.17, 15) is 13.2 Å². The van der Waals surface area contributed by atoms with Crippen molar-refractivity contribution in [2.45, 2.75) is 0 Å². The molecule has 2 rings (SSSR count). The van der Waals surface area contributed by atoms with E-state index < -0.39 is 22.6 Å². The number of aromatic nitrogens is 1. The molecule has 6 heteroatoms. The summed E-state index contributed by atoms with van der Waals surface area (Å²) in [5, 5.41) is -0.885. The Morgan fingerprint density at radius 1 is 1.25 bits per heavy atom. The Hall–Kier alpha value is -1.49. The molecule has 0 saturated heterocycles. The Balaban J connectivity index is 2.90. The molecule has 0 amide bonds. The molecule has 0 unspecified atom stereocenters. The van der Waals surface area contributed by atoms with Gasteiger partial charge in [-0.1, -0.05) is 11.6 Å². The number of nitrogens with zero attached hydrogens (tertiary/aromatic N) is 1. The van der Waals surface area contributed by atoms with Crippen LogP contribution >= 0.6 is 11.6 Å². The number of pyridine rings is 1. The van der Waals surface area contributed by atoms with Gasteiger partial charge in [-0.05, 0) is 0 Å². The van der Waals surface area contributed by atoms with Crippen LogP contribution in [0.4, 0.5) is 13.2 Å². The van der Waals surface area contributed by atoms with E-state index in [4.69, 9.17) is 16.3 Å². The van der Waals surface area contributed by atoms with E-state index in [1.165, 1.54) is 13.2 Å². The van der Waals surface area contributed by atoms with Crippen molar-refractivity contribution in [2.24, 2.45) is 0 Å². The van der Waals surface area contributed by atoms with Gasteiger partial charge in [0, 0.05) is 12.1 Å². The topological polar surface area (TPSA) is 22.1 Å². The number of rotatable bonds is 1. The largest absolute Gasteiger partial charge is 0.497 e. The van der Waals surface area contributed by atoms with E-state index in [2.05, 4.69) is 4.98 Å². The maximum absolute atomic E-state index is 13.5. The molecule has 2 nitrogen and oxygen atoms in total. The number of methoxy groups -OCH3 is 1. The maximum atomic E-state index is 13.5. The summed E-state index contributed by atoms with van der Waals surface area (Å²) in [5.74, 6) is -3.39. The van der Waals surface area contributed by atoms with Crippen LogP contribution in [0.2, 0.25) is 5.02 Å². The van der Waals surface area contributed by atoms with Crippen molar-refractivity contribution in [1.82, 2.24) is 4.98 Å². The molecule has 0 aliphatic carbocycles. The Morgan fingerprint density at radius 3 is 2.56 bits per heavy atom. The van der Waals surface area contributed by atoms with Crippen LogP contribution in [0.15, 0.2) is 12.1 Å². The van der Waals surface area contributed by atoms with Crippen LogP contribution in [0, 0.1) is 17.6 Å². The van der Waals surface area contributed by atoms with Crippen LogP contribution in [-0.2, 0) is 0 Å². The summed E-state index contributed by atoms with van der Waals surface area (Å²) in [6.07, 6.45) is 0. The van der Waals surface area contributed by atoms with Gasteiger partial charge in [0.25, 0.3) is 5.95 Å². The van der Waals surface area contributed by atoms with Crippen LogP contribution in [0.25, 0.3) is 10.9 Å². The lowest BCUT2D eigenvalue weighted by Crippen LogP contribution is -1.96. The predicted octanol–water partition coefficient (Wildman–Crippen LogP) is 3.31. The quantitative estimate of drug-likeness (QED) is 0.721. The fourth-order valence-electron chi connectivity index (χ4n) is 1.35. The number of hydrogen-bond acceptors (Lipinski definition) is 2. The number of benzene rings is 1. The average molecular weight is 248 g/mol. The molecule has 0 spiro atoms. The average Bonchev–Trinajstić information content (AvgIpc) is 2.25. The first-order chi connectivity index (χ1) is 7.54. The molecule has 0 saturated carbocycles. The molecule has 16 heavy (non-hydrogen) atoms. The van der Waals surface area contributed by atoms with Gasteiger partial charge >= 0.3 is 0 Å². The first kappa shape index (κ1) is 11.0. The molecule has 1 aromatic heterocycles. The van der Waals surface area contributed by atoms with Crippen LogP contribution in [0.5, 0.6) is 5.75 Å². The summed E-state index contributed by atoms with van der Waals surface area (Å²) in [5.41, 5.74) is -0.0965. The fourth-order valence-corrected chi connectivity index (χ4v) is 1.61. The van der Waals surface area contributed by atoms with E-state index in [0.717, 1.165) is 6.07 Å². The van der Waals surface area contributed by atoms with Gasteiger partial charge in [0.15, 0.2) is 5.82 Å². The van der Waals surface area contributed by atoms with Gasteiger partial charge in [0.2, 0.25) is 0 Å². The van der Waals surface area contributed by atoms with Gasteiger partial charge in [0.1, 0.15) is 11.6 Å². The number of fused-ring (bicyclic) bond motifs is 1. The second-order valence-corrected chi connectivity index (χ2v) is 3.41. The summed E-state index contributed by atoms with van der Waals surface area (Å²) in [7, 11) is 1.32. The molecule has 0 bridgehead atoms. The second kappa shape index (κ2) is 3.83. The lowest BCUT2D eigenvalue weighted by Gasteiger charge is -2.06. The summed E-state index contributed by atoms with van der Waals surface area (Å²) < 4.78 is 44.3. The zero-order chi connectivity index (χ0) is 11.9. The minimum atomic E-state index is -1.37. The number of ether oxygens (including phenoxy) is 1. The van der Waals surface area contributed by atoms with Crippen molar-refractivity contribution in [1.29, 1.82) is 0 Å². The van der Waals surface area contributed by atoms with Gasteiger partial charge in [0.05, 0.1) is 23.0 Å². The van der Waals surface area contributed by atoms with Crippen LogP contribution in [0.3, 0.4) is 0 Å². The Morgan fingerprint density at radius 2 is 1.94 bits per heavy atom. The number of hydrogen-bond donors (Lipinski definition) is 0. The van der Waals surface area contributed by atoms with Crippen molar-refractivity contribution in [3.8, 4) is 5.75 Å². The van der Waals surface area contributed by atoms with E-state index in [1.54, 1.807) is 0 Å². The van der Waals surface area contributed by atoms with E-state index in [-0.39, 0.29) is 16.7 Å². The number of halogens is 4. The lowest BCUT2D eigenvalue weighted by atomic mass is 10.2. The Kier molecular flexibility index (Phi) is 2.63. The summed E-state index contributed by atoms with van der Waals surface area (Å²) in [6.45, 7) is 0. The zero-order valence-corrected chi connectivity index (χ0v) is 8.78. The molecule has 1 aromatic carbocycles. The van der Waals surface area contributed by atoms with Crippen molar-refractivity contribution >= 4 is 22.5 Å². The molecule has 0 aliphatic rings. The minimum Gasteiger partial charge on any atom is -0.497 e. The molecule has 0 fully saturated rings. The standard InChI is InChI=1S/C10H5ClF3NO/c1-16-4-2-5(12)7-6(3-4)15-10(14)9(13)8(7)11/h2-3H,1H3. The van der Waals surface area contributed by atoms with Gasteiger partial charge in [-0.2, -0.15) is 4.39 Å². The Labute approximate surface area is 93.6 Å². The fraction of sp³-hybridized carbons (Fsp3) is 0.100. The zero-order valence-electron chi connectivity index (χ0n) is 8.02. The highest BCUT2D eigenvalue weighted by atomic mass is 35.5. The molecule has 1 heterocycles. The monoisotopic (exact) mass is 247 g/mol. The highest BCUT2D eigenvalue weighted by Gasteiger charge is 2.17. The molecule has 0 aliphatic heterocycles. The third-order valence-electron chi connectivity index (χ3n) is 2.09. The summed E-state index contributed by atoms with van der Waals surface area (Å²) >= 11 is 5.50. The lowest BCUT2D eigenvalue weighted by molar-refractivity contribution is 0.412. The predicted molar refractivity (Wildman–Crippen MR) is 53.2 cm³/mol. The normalized spacial score (nSPS) is 10.8. The van der Waals surface area contributed by atoms with Crippen molar-refractivity contribution in [3.63, 3.8) is 0 Å². The summed E-state index contributed by atoms with van der Waals surface area (Å²) in [6, 6.07) is 2.29. The first-order valence-corrected chi connectivity index (χ1v) is 4.60. The van der Waals surface area contributed by atoms with E-state index in [1.807, 2.05) is 0 Å². The molecule has 0 N–H and O–H groups in total.